The zero-order chi connectivity index (χ0) is 15.8. The van der Waals surface area contributed by atoms with Crippen LogP contribution < -0.4 is 0 Å². The zero-order valence-electron chi connectivity index (χ0n) is 13.1. The molecular formula is C15H24IN4S2+. The van der Waals surface area contributed by atoms with Crippen LogP contribution in [-0.4, -0.2) is 43.7 Å². The van der Waals surface area contributed by atoms with Gasteiger partial charge >= 0.3 is 0 Å². The van der Waals surface area contributed by atoms with Crippen LogP contribution in [0, 0.1) is 11.3 Å². The highest BCUT2D eigenvalue weighted by Crippen LogP contribution is 2.35. The molecule has 4 nitrogen and oxygen atoms in total. The van der Waals surface area contributed by atoms with Gasteiger partial charge in [0, 0.05) is 6.42 Å². The van der Waals surface area contributed by atoms with E-state index in [0.717, 1.165) is 34.5 Å². The molecule has 2 heterocycles. The maximum Gasteiger partial charge on any atom is 0.134 e. The van der Waals surface area contributed by atoms with Crippen molar-refractivity contribution in [2.24, 2.45) is 0 Å². The summed E-state index contributed by atoms with van der Waals surface area (Å²) in [4.78, 5) is 0. The lowest BCUT2D eigenvalue weighted by atomic mass is 9.94. The van der Waals surface area contributed by atoms with Crippen LogP contribution in [0.3, 0.4) is 0 Å². The number of aromatic nitrogens is 2. The van der Waals surface area contributed by atoms with E-state index >= 15 is 0 Å². The van der Waals surface area contributed by atoms with Gasteiger partial charge in [-0.1, -0.05) is 6.42 Å². The number of halogens is 1. The van der Waals surface area contributed by atoms with Crippen LogP contribution in [0.25, 0.3) is 0 Å². The quantitative estimate of drug-likeness (QED) is 0.147. The monoisotopic (exact) mass is 451 g/mol. The normalized spacial score (nSPS) is 25.0. The van der Waals surface area contributed by atoms with E-state index in [4.69, 9.17) is 5.26 Å². The van der Waals surface area contributed by atoms with Gasteiger partial charge in [0.15, 0.2) is 0 Å². The number of alkyl halides is 1. The van der Waals surface area contributed by atoms with Crippen molar-refractivity contribution in [3.05, 3.63) is 5.69 Å². The molecule has 0 radical (unpaired) electrons. The number of likely N-dealkylation sites (tertiary alicyclic amines) is 1. The highest BCUT2D eigenvalue weighted by Gasteiger charge is 2.33. The van der Waals surface area contributed by atoms with Crippen LogP contribution in [0.15, 0.2) is 5.03 Å². The highest BCUT2D eigenvalue weighted by molar-refractivity contribution is 14.1. The third-order valence-corrected chi connectivity index (χ3v) is 7.61. The zero-order valence-corrected chi connectivity index (χ0v) is 16.9. The Morgan fingerprint density at radius 1 is 1.41 bits per heavy atom. The average Bonchev–Trinajstić information content (AvgIpc) is 2.99. The van der Waals surface area contributed by atoms with Crippen molar-refractivity contribution < 1.29 is 4.48 Å². The van der Waals surface area contributed by atoms with Crippen LogP contribution in [0.2, 0.25) is 0 Å². The SMILES string of the molecule is C[N+]1(CI)CCCC(c2nsnc2SCCCCCC#N)C1. The molecule has 0 aromatic carbocycles. The smallest absolute Gasteiger partial charge is 0.134 e. The third kappa shape index (κ3) is 5.32. The number of quaternary nitrogens is 1. The maximum absolute atomic E-state index is 8.54. The number of nitrogens with zero attached hydrogens (tertiary/aromatic N) is 4. The molecule has 0 amide bonds. The van der Waals surface area contributed by atoms with Crippen molar-refractivity contribution in [2.75, 3.05) is 30.4 Å². The van der Waals surface area contributed by atoms with Crippen molar-refractivity contribution in [3.63, 3.8) is 0 Å². The number of nitriles is 1. The second-order valence-electron chi connectivity index (χ2n) is 6.26. The van der Waals surface area contributed by atoms with Gasteiger partial charge in [0.1, 0.15) is 9.58 Å². The summed E-state index contributed by atoms with van der Waals surface area (Å²) >= 11 is 5.73. The molecule has 1 saturated heterocycles. The fourth-order valence-corrected chi connectivity index (χ4v) is 5.38. The standard InChI is InChI=1S/C15H24IN4S2/c1-20(12-16)9-6-7-13(11-20)14-15(19-22-18-14)21-10-5-3-2-4-8-17/h13H,2-7,9-12H2,1H3/q+1. The molecule has 2 rings (SSSR count). The molecule has 0 N–H and O–H groups in total. The largest absolute Gasteiger partial charge is 0.317 e. The first-order valence-electron chi connectivity index (χ1n) is 7.90. The Morgan fingerprint density at radius 2 is 2.27 bits per heavy atom. The number of likely N-dealkylation sites (N-methyl/N-ethyl adjacent to an activating group) is 1. The first-order chi connectivity index (χ1) is 10.7. The Kier molecular flexibility index (Phi) is 7.88. The lowest BCUT2D eigenvalue weighted by Gasteiger charge is -2.39. The summed E-state index contributed by atoms with van der Waals surface area (Å²) in [5, 5.41) is 9.71. The summed E-state index contributed by atoms with van der Waals surface area (Å²) in [7, 11) is 2.36. The summed E-state index contributed by atoms with van der Waals surface area (Å²) in [5.41, 5.74) is 1.25. The van der Waals surface area contributed by atoms with E-state index in [0.29, 0.717) is 12.3 Å². The number of unbranched alkanes of at least 4 members (excludes halogenated alkanes) is 3. The molecule has 0 aliphatic carbocycles. The van der Waals surface area contributed by atoms with Gasteiger partial charge in [0.05, 0.1) is 49.5 Å². The predicted molar refractivity (Wildman–Crippen MR) is 101 cm³/mol. The molecule has 0 saturated carbocycles. The highest BCUT2D eigenvalue weighted by atomic mass is 127. The number of rotatable bonds is 8. The fraction of sp³-hybridized carbons (Fsp3) is 0.800. The molecule has 1 aliphatic rings. The summed E-state index contributed by atoms with van der Waals surface area (Å²) in [5.74, 6) is 1.67. The molecule has 2 atom stereocenters. The van der Waals surface area contributed by atoms with Gasteiger partial charge in [-0.05, 0) is 54.0 Å². The molecule has 1 fully saturated rings. The number of hydrogen-bond acceptors (Lipinski definition) is 5. The Bertz CT molecular complexity index is 502. The third-order valence-electron chi connectivity index (χ3n) is 4.24. The summed E-state index contributed by atoms with van der Waals surface area (Å²) in [6.45, 7) is 2.49. The van der Waals surface area contributed by atoms with Crippen LogP contribution in [-0.2, 0) is 0 Å². The van der Waals surface area contributed by atoms with E-state index in [1.807, 2.05) is 11.8 Å². The van der Waals surface area contributed by atoms with E-state index < -0.39 is 0 Å². The van der Waals surface area contributed by atoms with Gasteiger partial charge in [-0.25, -0.2) is 0 Å². The molecule has 2 unspecified atom stereocenters. The van der Waals surface area contributed by atoms with Gasteiger partial charge in [0.2, 0.25) is 0 Å². The van der Waals surface area contributed by atoms with Crippen LogP contribution in [0.1, 0.15) is 50.1 Å². The van der Waals surface area contributed by atoms with E-state index in [-0.39, 0.29) is 0 Å². The number of hydrogen-bond donors (Lipinski definition) is 0. The predicted octanol–water partition coefficient (Wildman–Crippen LogP) is 4.43. The maximum atomic E-state index is 8.54. The second-order valence-corrected chi connectivity index (χ2v) is 8.55. The lowest BCUT2D eigenvalue weighted by Crippen LogP contribution is -2.49. The van der Waals surface area contributed by atoms with Crippen molar-refractivity contribution >= 4 is 46.1 Å². The minimum Gasteiger partial charge on any atom is -0.317 e. The van der Waals surface area contributed by atoms with E-state index in [2.05, 4.69) is 44.5 Å². The van der Waals surface area contributed by atoms with E-state index in [9.17, 15) is 0 Å². The Hall–Kier alpha value is 0.0900. The summed E-state index contributed by atoms with van der Waals surface area (Å²) in [6, 6.07) is 2.21. The van der Waals surface area contributed by atoms with E-state index in [1.54, 1.807) is 0 Å². The van der Waals surface area contributed by atoms with Crippen molar-refractivity contribution in [2.45, 2.75) is 49.5 Å². The van der Waals surface area contributed by atoms with Gasteiger partial charge in [-0.3, -0.25) is 0 Å². The molecule has 22 heavy (non-hydrogen) atoms. The van der Waals surface area contributed by atoms with Crippen molar-refractivity contribution in [3.8, 4) is 6.07 Å². The topological polar surface area (TPSA) is 49.6 Å². The molecule has 122 valence electrons. The molecule has 7 heteroatoms. The summed E-state index contributed by atoms with van der Waals surface area (Å²) in [6.07, 6.45) is 6.55. The van der Waals surface area contributed by atoms with Crippen LogP contribution >= 0.6 is 46.1 Å². The molecule has 1 aromatic heterocycles. The first-order valence-corrected chi connectivity index (χ1v) is 11.1. The molecule has 0 spiro atoms. The molecule has 1 aliphatic heterocycles. The Balaban J connectivity index is 1.85. The fourth-order valence-electron chi connectivity index (χ4n) is 2.95. The average molecular weight is 451 g/mol. The van der Waals surface area contributed by atoms with Crippen molar-refractivity contribution in [1.82, 2.24) is 8.75 Å². The second kappa shape index (κ2) is 9.40. The molecule has 0 bridgehead atoms. The van der Waals surface area contributed by atoms with Gasteiger partial charge in [-0.2, -0.15) is 14.0 Å². The van der Waals surface area contributed by atoms with Gasteiger partial charge in [0.25, 0.3) is 0 Å². The minimum atomic E-state index is 0.577. The molecule has 1 aromatic rings. The van der Waals surface area contributed by atoms with Crippen LogP contribution in [0.4, 0.5) is 0 Å². The van der Waals surface area contributed by atoms with E-state index in [1.165, 1.54) is 47.9 Å². The number of thioether (sulfide) groups is 1. The van der Waals surface area contributed by atoms with Crippen molar-refractivity contribution in [1.29, 1.82) is 5.26 Å². The van der Waals surface area contributed by atoms with Gasteiger partial charge in [-0.15, -0.1) is 11.8 Å². The van der Waals surface area contributed by atoms with Crippen LogP contribution in [0.5, 0.6) is 0 Å². The van der Waals surface area contributed by atoms with Gasteiger partial charge < -0.3 is 4.48 Å². The lowest BCUT2D eigenvalue weighted by molar-refractivity contribution is -0.900. The first kappa shape index (κ1) is 18.4. The number of piperidine rings is 1. The Labute approximate surface area is 155 Å². The Morgan fingerprint density at radius 3 is 3.05 bits per heavy atom. The summed E-state index contributed by atoms with van der Waals surface area (Å²) < 4.78 is 11.5. The molecular weight excluding hydrogens is 427 g/mol. The minimum absolute atomic E-state index is 0.577.